The molecule has 0 saturated carbocycles. The van der Waals surface area contributed by atoms with Gasteiger partial charge in [-0.3, -0.25) is 0 Å². The van der Waals surface area contributed by atoms with E-state index >= 15 is 0 Å². The summed E-state index contributed by atoms with van der Waals surface area (Å²) in [6.45, 7) is 10.2. The third kappa shape index (κ3) is 7.70. The second kappa shape index (κ2) is 7.74. The van der Waals surface area contributed by atoms with Crippen LogP contribution >= 0.6 is 0 Å². The molecule has 0 aromatic rings. The van der Waals surface area contributed by atoms with Gasteiger partial charge >= 0.3 is 12.1 Å². The van der Waals surface area contributed by atoms with Crippen molar-refractivity contribution in [3.05, 3.63) is 12.2 Å². The molecule has 5 nitrogen and oxygen atoms in total. The molecule has 0 rings (SSSR count). The van der Waals surface area contributed by atoms with Crippen LogP contribution in [0.3, 0.4) is 0 Å². The van der Waals surface area contributed by atoms with Gasteiger partial charge in [-0.2, -0.15) is 0 Å². The monoisotopic (exact) mass is 257 g/mol. The summed E-state index contributed by atoms with van der Waals surface area (Å²) in [7, 11) is 0. The van der Waals surface area contributed by atoms with Gasteiger partial charge in [0.15, 0.2) is 0 Å². The van der Waals surface area contributed by atoms with Crippen LogP contribution in [-0.2, 0) is 14.3 Å². The maximum absolute atomic E-state index is 11.7. The summed E-state index contributed by atoms with van der Waals surface area (Å²) in [5, 5.41) is 0. The predicted octanol–water partition coefficient (Wildman–Crippen LogP) is 2.36. The fraction of sp³-hybridized carbons (Fsp3) is 0.692. The molecule has 1 amide bonds. The van der Waals surface area contributed by atoms with Gasteiger partial charge in [0.2, 0.25) is 0 Å². The van der Waals surface area contributed by atoms with Gasteiger partial charge in [-0.05, 0) is 34.6 Å². The number of carbonyl (C=O) groups excluding carboxylic acids is 2. The lowest BCUT2D eigenvalue weighted by molar-refractivity contribution is -0.137. The number of carbonyl (C=O) groups is 2. The number of hydrogen-bond acceptors (Lipinski definition) is 4. The molecule has 0 saturated heterocycles. The fourth-order valence-corrected chi connectivity index (χ4v) is 1.13. The third-order valence-corrected chi connectivity index (χ3v) is 1.90. The quantitative estimate of drug-likeness (QED) is 0.560. The molecule has 0 aromatic heterocycles. The minimum Gasteiger partial charge on any atom is -0.463 e. The second-order valence-electron chi connectivity index (χ2n) is 4.67. The van der Waals surface area contributed by atoms with Gasteiger partial charge in [-0.15, -0.1) is 0 Å². The summed E-state index contributed by atoms with van der Waals surface area (Å²) in [5.74, 6) is -0.405. The number of nitrogens with zero attached hydrogens (tertiary/aromatic N) is 1. The zero-order valence-corrected chi connectivity index (χ0v) is 11.9. The number of likely N-dealkylation sites (N-methyl/N-ethyl adjacent to an activating group) is 1. The van der Waals surface area contributed by atoms with E-state index in [4.69, 9.17) is 9.47 Å². The van der Waals surface area contributed by atoms with E-state index in [0.717, 1.165) is 0 Å². The topological polar surface area (TPSA) is 55.8 Å². The molecule has 0 atom stereocenters. The molecule has 0 aliphatic rings. The summed E-state index contributed by atoms with van der Waals surface area (Å²) in [4.78, 5) is 24.3. The predicted molar refractivity (Wildman–Crippen MR) is 69.3 cm³/mol. The summed E-state index contributed by atoms with van der Waals surface area (Å²) >= 11 is 0. The smallest absolute Gasteiger partial charge is 0.410 e. The van der Waals surface area contributed by atoms with E-state index in [-0.39, 0.29) is 0 Å². The van der Waals surface area contributed by atoms with E-state index in [0.29, 0.717) is 19.7 Å². The lowest BCUT2D eigenvalue weighted by atomic mass is 10.2. The molecule has 0 unspecified atom stereocenters. The number of rotatable bonds is 5. The maximum Gasteiger partial charge on any atom is 0.410 e. The first-order valence-corrected chi connectivity index (χ1v) is 6.11. The SMILES string of the molecule is CCOC(=O)/C=C/CN(CC)C(=O)OC(C)(C)C. The second-order valence-corrected chi connectivity index (χ2v) is 4.67. The van der Waals surface area contributed by atoms with Crippen molar-refractivity contribution < 1.29 is 19.1 Å². The molecule has 0 N–H and O–H groups in total. The molecule has 0 aliphatic heterocycles. The summed E-state index contributed by atoms with van der Waals surface area (Å²) < 4.78 is 9.97. The van der Waals surface area contributed by atoms with E-state index in [2.05, 4.69) is 0 Å². The average Bonchev–Trinajstić information content (AvgIpc) is 2.22. The van der Waals surface area contributed by atoms with Gasteiger partial charge in [0.1, 0.15) is 5.60 Å². The van der Waals surface area contributed by atoms with Crippen molar-refractivity contribution >= 4 is 12.1 Å². The first-order valence-electron chi connectivity index (χ1n) is 6.11. The molecule has 0 aromatic carbocycles. The normalized spacial score (nSPS) is 11.4. The van der Waals surface area contributed by atoms with Gasteiger partial charge in [0.25, 0.3) is 0 Å². The Kier molecular flexibility index (Phi) is 7.08. The van der Waals surface area contributed by atoms with Gasteiger partial charge in [-0.25, -0.2) is 9.59 Å². The summed E-state index contributed by atoms with van der Waals surface area (Å²) in [6, 6.07) is 0. The first kappa shape index (κ1) is 16.5. The molecule has 0 heterocycles. The largest absolute Gasteiger partial charge is 0.463 e. The highest BCUT2D eigenvalue weighted by molar-refractivity contribution is 5.82. The Morgan fingerprint density at radius 3 is 2.28 bits per heavy atom. The van der Waals surface area contributed by atoms with E-state index in [1.807, 2.05) is 27.7 Å². The van der Waals surface area contributed by atoms with Crippen LogP contribution in [-0.4, -0.2) is 42.3 Å². The first-order chi connectivity index (χ1) is 8.30. The average molecular weight is 257 g/mol. The lowest BCUT2D eigenvalue weighted by Crippen LogP contribution is -2.36. The van der Waals surface area contributed by atoms with E-state index in [1.54, 1.807) is 13.0 Å². The van der Waals surface area contributed by atoms with Crippen LogP contribution in [0.5, 0.6) is 0 Å². The molecular weight excluding hydrogens is 234 g/mol. The highest BCUT2D eigenvalue weighted by Gasteiger charge is 2.20. The van der Waals surface area contributed by atoms with Gasteiger partial charge < -0.3 is 14.4 Å². The molecule has 0 radical (unpaired) electrons. The third-order valence-electron chi connectivity index (χ3n) is 1.90. The number of amides is 1. The zero-order chi connectivity index (χ0) is 14.2. The standard InChI is InChI=1S/C13H23NO4/c1-6-14(12(16)18-13(3,4)5)10-8-9-11(15)17-7-2/h8-9H,6-7,10H2,1-5H3/b9-8+. The van der Waals surface area contributed by atoms with E-state index in [1.165, 1.54) is 11.0 Å². The molecule has 0 aliphatic carbocycles. The number of ether oxygens (including phenoxy) is 2. The summed E-state index contributed by atoms with van der Waals surface area (Å²) in [6.07, 6.45) is 2.51. The van der Waals surface area contributed by atoms with Gasteiger partial charge in [-0.1, -0.05) is 6.08 Å². The molecular formula is C13H23NO4. The Balaban J connectivity index is 4.27. The van der Waals surface area contributed by atoms with E-state index in [9.17, 15) is 9.59 Å². The van der Waals surface area contributed by atoms with Crippen molar-refractivity contribution in [3.8, 4) is 0 Å². The van der Waals surface area contributed by atoms with Crippen LogP contribution in [0.2, 0.25) is 0 Å². The van der Waals surface area contributed by atoms with Gasteiger partial charge in [0, 0.05) is 19.2 Å². The maximum atomic E-state index is 11.7. The number of hydrogen-bond donors (Lipinski definition) is 0. The van der Waals surface area contributed by atoms with Crippen molar-refractivity contribution in [1.29, 1.82) is 0 Å². The highest BCUT2D eigenvalue weighted by atomic mass is 16.6. The minimum atomic E-state index is -0.518. The van der Waals surface area contributed by atoms with Crippen molar-refractivity contribution in [3.63, 3.8) is 0 Å². The molecule has 0 fully saturated rings. The van der Waals surface area contributed by atoms with Crippen molar-refractivity contribution in [1.82, 2.24) is 4.90 Å². The van der Waals surface area contributed by atoms with Crippen molar-refractivity contribution in [2.45, 2.75) is 40.2 Å². The van der Waals surface area contributed by atoms with Crippen LogP contribution in [0.25, 0.3) is 0 Å². The molecule has 0 bridgehead atoms. The molecule has 5 heteroatoms. The Labute approximate surface area is 109 Å². The Morgan fingerprint density at radius 1 is 1.22 bits per heavy atom. The molecule has 18 heavy (non-hydrogen) atoms. The minimum absolute atomic E-state index is 0.324. The van der Waals surface area contributed by atoms with Crippen LogP contribution in [0.1, 0.15) is 34.6 Å². The Morgan fingerprint density at radius 2 is 1.83 bits per heavy atom. The van der Waals surface area contributed by atoms with Crippen LogP contribution < -0.4 is 0 Å². The van der Waals surface area contributed by atoms with Crippen LogP contribution in [0.4, 0.5) is 4.79 Å². The highest BCUT2D eigenvalue weighted by Crippen LogP contribution is 2.09. The van der Waals surface area contributed by atoms with Gasteiger partial charge in [0.05, 0.1) is 6.61 Å². The Hall–Kier alpha value is -1.52. The van der Waals surface area contributed by atoms with Crippen molar-refractivity contribution in [2.75, 3.05) is 19.7 Å². The molecule has 104 valence electrons. The van der Waals surface area contributed by atoms with Crippen LogP contribution in [0.15, 0.2) is 12.2 Å². The van der Waals surface area contributed by atoms with E-state index < -0.39 is 17.7 Å². The Bertz CT molecular complexity index is 305. The number of esters is 1. The fourth-order valence-electron chi connectivity index (χ4n) is 1.13. The summed E-state index contributed by atoms with van der Waals surface area (Å²) in [5.41, 5.74) is -0.518. The van der Waals surface area contributed by atoms with Crippen molar-refractivity contribution in [2.24, 2.45) is 0 Å². The molecule has 0 spiro atoms. The van der Waals surface area contributed by atoms with Crippen LogP contribution in [0, 0.1) is 0 Å². The lowest BCUT2D eigenvalue weighted by Gasteiger charge is -2.25. The zero-order valence-electron chi connectivity index (χ0n) is 11.9.